The molecule has 1 aliphatic heterocycles. The van der Waals surface area contributed by atoms with Gasteiger partial charge in [-0.05, 0) is 42.8 Å². The van der Waals surface area contributed by atoms with E-state index in [1.165, 1.54) is 12.1 Å². The van der Waals surface area contributed by atoms with Crippen LogP contribution in [0.2, 0.25) is 0 Å². The maximum Gasteiger partial charge on any atom is 0.417 e. The van der Waals surface area contributed by atoms with E-state index in [9.17, 15) is 13.2 Å². The number of hydrogen-bond acceptors (Lipinski definition) is 5. The fourth-order valence-corrected chi connectivity index (χ4v) is 3.79. The van der Waals surface area contributed by atoms with Crippen LogP contribution in [0.5, 0.6) is 0 Å². The lowest BCUT2D eigenvalue weighted by Crippen LogP contribution is -2.18. The Morgan fingerprint density at radius 3 is 2.50 bits per heavy atom. The third kappa shape index (κ3) is 3.53. The molecule has 0 fully saturated rings. The van der Waals surface area contributed by atoms with Crippen LogP contribution in [0.4, 0.5) is 24.8 Å². The van der Waals surface area contributed by atoms with Gasteiger partial charge in [-0.3, -0.25) is 0 Å². The first-order valence-corrected chi connectivity index (χ1v) is 10.0. The van der Waals surface area contributed by atoms with Crippen molar-refractivity contribution in [2.45, 2.75) is 13.1 Å². The summed E-state index contributed by atoms with van der Waals surface area (Å²) in [5.41, 5.74) is 2.45. The molecule has 8 heteroatoms. The molecule has 0 unspecified atom stereocenters. The summed E-state index contributed by atoms with van der Waals surface area (Å²) in [6.45, 7) is 2.58. The van der Waals surface area contributed by atoms with Crippen molar-refractivity contribution in [3.8, 4) is 11.4 Å². The van der Waals surface area contributed by atoms with Crippen molar-refractivity contribution in [3.05, 3.63) is 83.6 Å². The van der Waals surface area contributed by atoms with E-state index in [-0.39, 0.29) is 11.4 Å². The molecule has 0 aliphatic carbocycles. The number of para-hydroxylation sites is 1. The van der Waals surface area contributed by atoms with E-state index < -0.39 is 11.7 Å². The number of pyridine rings is 1. The summed E-state index contributed by atoms with van der Waals surface area (Å²) < 4.78 is 40.9. The molecule has 5 rings (SSSR count). The van der Waals surface area contributed by atoms with E-state index in [2.05, 4.69) is 25.6 Å². The highest BCUT2D eigenvalue weighted by Crippen LogP contribution is 2.38. The van der Waals surface area contributed by atoms with Crippen LogP contribution in [-0.2, 0) is 6.18 Å². The van der Waals surface area contributed by atoms with Crippen LogP contribution < -0.4 is 10.6 Å². The van der Waals surface area contributed by atoms with Crippen molar-refractivity contribution in [1.82, 2.24) is 15.0 Å². The first-order valence-electron chi connectivity index (χ1n) is 10.0. The monoisotopic (exact) mass is 433 g/mol. The van der Waals surface area contributed by atoms with Crippen molar-refractivity contribution >= 4 is 28.2 Å². The lowest BCUT2D eigenvalue weighted by Gasteiger charge is -2.23. The second-order valence-corrected chi connectivity index (χ2v) is 7.49. The minimum Gasteiger partial charge on any atom is -0.366 e. The Morgan fingerprint density at radius 1 is 0.906 bits per heavy atom. The Labute approximate surface area is 182 Å². The Hall–Kier alpha value is -3.94. The van der Waals surface area contributed by atoms with E-state index >= 15 is 0 Å². The van der Waals surface area contributed by atoms with Crippen molar-refractivity contribution < 1.29 is 13.2 Å². The molecule has 0 radical (unpaired) electrons. The number of nitrogens with zero attached hydrogens (tertiary/aromatic N) is 3. The summed E-state index contributed by atoms with van der Waals surface area (Å²) in [4.78, 5) is 13.4. The highest BCUT2D eigenvalue weighted by Gasteiger charge is 2.34. The molecule has 0 bridgehead atoms. The summed E-state index contributed by atoms with van der Waals surface area (Å²) in [7, 11) is 0. The zero-order valence-corrected chi connectivity index (χ0v) is 17.0. The number of aromatic nitrogens is 3. The summed E-state index contributed by atoms with van der Waals surface area (Å²) in [5.74, 6) is 1.19. The topological polar surface area (TPSA) is 62.7 Å². The number of fused-ring (bicyclic) bond motifs is 2. The third-order valence-corrected chi connectivity index (χ3v) is 5.34. The lowest BCUT2D eigenvalue weighted by molar-refractivity contribution is -0.137. The van der Waals surface area contributed by atoms with Crippen LogP contribution in [0.25, 0.3) is 28.0 Å². The van der Waals surface area contributed by atoms with E-state index in [1.807, 2.05) is 31.2 Å². The minimum absolute atomic E-state index is 0.0118. The van der Waals surface area contributed by atoms with Gasteiger partial charge < -0.3 is 10.6 Å². The van der Waals surface area contributed by atoms with Gasteiger partial charge in [-0.1, -0.05) is 30.3 Å². The molecule has 5 nitrogen and oxygen atoms in total. The Balaban J connectivity index is 1.69. The molecule has 0 saturated heterocycles. The maximum absolute atomic E-state index is 13.6. The van der Waals surface area contributed by atoms with Gasteiger partial charge in [0.05, 0.1) is 16.8 Å². The van der Waals surface area contributed by atoms with Gasteiger partial charge in [-0.25, -0.2) is 15.0 Å². The number of benzene rings is 2. The van der Waals surface area contributed by atoms with E-state index in [1.54, 1.807) is 24.4 Å². The van der Waals surface area contributed by atoms with E-state index in [0.29, 0.717) is 23.3 Å². The summed E-state index contributed by atoms with van der Waals surface area (Å²) in [6.07, 6.45) is -2.81. The standard InChI is InChI=1S/C24H18F3N5/c1-14-13-29-21-17(9-6-12-28-21)20(14)31-23-16-8-3-5-11-19(16)30-22(32-23)15-7-2-4-10-18(15)24(25,26)27/h2-12H,13H2,1H3,(H,28,29)(H,30,31,32). The predicted molar refractivity (Wildman–Crippen MR) is 119 cm³/mol. The second kappa shape index (κ2) is 7.64. The van der Waals surface area contributed by atoms with Crippen molar-refractivity contribution in [2.75, 3.05) is 17.2 Å². The van der Waals surface area contributed by atoms with Crippen molar-refractivity contribution in [1.29, 1.82) is 0 Å². The van der Waals surface area contributed by atoms with E-state index in [4.69, 9.17) is 0 Å². The van der Waals surface area contributed by atoms with Crippen LogP contribution in [0.3, 0.4) is 0 Å². The van der Waals surface area contributed by atoms with Crippen LogP contribution in [-0.4, -0.2) is 21.5 Å². The molecular formula is C24H18F3N5. The zero-order chi connectivity index (χ0) is 22.3. The number of rotatable bonds is 3. The maximum atomic E-state index is 13.6. The first kappa shape index (κ1) is 20.0. The third-order valence-electron chi connectivity index (χ3n) is 5.34. The molecule has 32 heavy (non-hydrogen) atoms. The molecule has 2 aromatic carbocycles. The van der Waals surface area contributed by atoms with Gasteiger partial charge in [0.25, 0.3) is 0 Å². The molecule has 4 aromatic rings. The van der Waals surface area contributed by atoms with Crippen LogP contribution in [0.1, 0.15) is 18.1 Å². The number of anilines is 2. The second-order valence-electron chi connectivity index (χ2n) is 7.49. The Morgan fingerprint density at radius 2 is 1.66 bits per heavy atom. The fraction of sp³-hybridized carbons (Fsp3) is 0.125. The molecule has 0 atom stereocenters. The molecule has 3 heterocycles. The van der Waals surface area contributed by atoms with Crippen molar-refractivity contribution in [3.63, 3.8) is 0 Å². The largest absolute Gasteiger partial charge is 0.417 e. The molecule has 1 aliphatic rings. The molecule has 0 saturated carbocycles. The van der Waals surface area contributed by atoms with Gasteiger partial charge >= 0.3 is 6.18 Å². The normalized spacial score (nSPS) is 13.6. The number of halogens is 3. The van der Waals surface area contributed by atoms with Gasteiger partial charge in [0.15, 0.2) is 5.82 Å². The van der Waals surface area contributed by atoms with Crippen LogP contribution in [0, 0.1) is 0 Å². The quantitative estimate of drug-likeness (QED) is 0.416. The predicted octanol–water partition coefficient (Wildman–Crippen LogP) is 5.98. The van der Waals surface area contributed by atoms with Gasteiger partial charge in [0.2, 0.25) is 0 Å². The highest BCUT2D eigenvalue weighted by molar-refractivity contribution is 5.96. The number of alkyl halides is 3. The molecule has 2 aromatic heterocycles. The average molecular weight is 433 g/mol. The van der Waals surface area contributed by atoms with Crippen LogP contribution in [0.15, 0.2) is 72.4 Å². The van der Waals surface area contributed by atoms with Gasteiger partial charge in [-0.15, -0.1) is 0 Å². The summed E-state index contributed by atoms with van der Waals surface area (Å²) in [5, 5.41) is 7.34. The van der Waals surface area contributed by atoms with Gasteiger partial charge in [0.1, 0.15) is 11.6 Å². The highest BCUT2D eigenvalue weighted by atomic mass is 19.4. The Kier molecular flexibility index (Phi) is 4.77. The first-order chi connectivity index (χ1) is 15.4. The molecular weight excluding hydrogens is 415 g/mol. The molecule has 0 amide bonds. The summed E-state index contributed by atoms with van der Waals surface area (Å²) in [6, 6.07) is 16.4. The van der Waals surface area contributed by atoms with Crippen LogP contribution >= 0.6 is 0 Å². The molecule has 0 spiro atoms. The molecule has 2 N–H and O–H groups in total. The fourth-order valence-electron chi connectivity index (χ4n) is 3.79. The SMILES string of the molecule is CC1=C(Nc2nc(-c3ccccc3C(F)(F)F)nc3ccccc23)c2cccnc2NC1. The van der Waals surface area contributed by atoms with E-state index in [0.717, 1.165) is 28.7 Å². The lowest BCUT2D eigenvalue weighted by atomic mass is 10.0. The van der Waals surface area contributed by atoms with Crippen molar-refractivity contribution in [2.24, 2.45) is 0 Å². The smallest absolute Gasteiger partial charge is 0.366 e. The molecule has 160 valence electrons. The minimum atomic E-state index is -4.52. The number of nitrogens with one attached hydrogen (secondary N) is 2. The number of hydrogen-bond donors (Lipinski definition) is 2. The Bertz CT molecular complexity index is 1360. The summed E-state index contributed by atoms with van der Waals surface area (Å²) >= 11 is 0. The van der Waals surface area contributed by atoms with Gasteiger partial charge in [0, 0.05) is 29.3 Å². The zero-order valence-electron chi connectivity index (χ0n) is 17.0. The van der Waals surface area contributed by atoms with Gasteiger partial charge in [-0.2, -0.15) is 13.2 Å². The average Bonchev–Trinajstić information content (AvgIpc) is 2.80.